The fourth-order valence-electron chi connectivity index (χ4n) is 8.71. The smallest absolute Gasteiger partial charge is 0.135 e. The van der Waals surface area contributed by atoms with E-state index in [1.165, 1.54) is 11.1 Å². The summed E-state index contributed by atoms with van der Waals surface area (Å²) in [6, 6.07) is 39.3. The van der Waals surface area contributed by atoms with E-state index in [0.29, 0.717) is 28.4 Å². The number of anilines is 4. The molecule has 10 aromatic rings. The van der Waals surface area contributed by atoms with Crippen LogP contribution < -0.4 is 14.5 Å². The van der Waals surface area contributed by atoms with Crippen molar-refractivity contribution >= 4 is 66.5 Å². The van der Waals surface area contributed by atoms with Gasteiger partial charge in [0.1, 0.15) is 17.0 Å². The molecule has 338 valence electrons. The largest absolute Gasteiger partial charge is 0.509 e. The van der Waals surface area contributed by atoms with Crippen molar-refractivity contribution in [2.75, 3.05) is 9.80 Å². The van der Waals surface area contributed by atoms with Crippen molar-refractivity contribution in [3.63, 3.8) is 0 Å². The van der Waals surface area contributed by atoms with Crippen LogP contribution in [0.1, 0.15) is 88.6 Å². The molecule has 0 fully saturated rings. The van der Waals surface area contributed by atoms with Gasteiger partial charge in [-0.15, -0.1) is 48.1 Å². The SMILES string of the molecule is [2H]c1c([2H])c([2H])c2c(oc3c([2H])c([2H])c(-c4ccc5c(c4)c4ccc(Oc6[c-]c(N7[CH-]N(c8cc(C(C)(C)C)cc(C(C)(C)C)c8)c8ccccc87)ccc6)[c-]c4n5-c4cc(C(C)(C)C)ccn4)c([2H])c32)c1[2H].[Pt]. The van der Waals surface area contributed by atoms with Crippen LogP contribution in [0, 0.1) is 18.8 Å². The van der Waals surface area contributed by atoms with E-state index in [9.17, 15) is 2.74 Å². The zero-order valence-electron chi connectivity index (χ0n) is 45.9. The van der Waals surface area contributed by atoms with E-state index < -0.39 is 18.1 Å². The van der Waals surface area contributed by atoms with Gasteiger partial charge in [-0.2, -0.15) is 12.1 Å². The Hall–Kier alpha value is -6.62. The average molecular weight is 1060 g/mol. The molecular formula is C60H53N4O2Pt-3. The van der Waals surface area contributed by atoms with Gasteiger partial charge in [0.05, 0.1) is 9.60 Å². The predicted molar refractivity (Wildman–Crippen MR) is 273 cm³/mol. The summed E-state index contributed by atoms with van der Waals surface area (Å²) in [5, 5.41) is 1.64. The van der Waals surface area contributed by atoms with Crippen molar-refractivity contribution in [1.82, 2.24) is 9.55 Å². The second kappa shape index (κ2) is 16.3. The molecule has 0 atom stereocenters. The van der Waals surface area contributed by atoms with E-state index in [1.54, 1.807) is 12.3 Å². The van der Waals surface area contributed by atoms with E-state index in [2.05, 4.69) is 133 Å². The monoisotopic (exact) mass is 1060 g/mol. The van der Waals surface area contributed by atoms with Crippen molar-refractivity contribution in [2.45, 2.75) is 78.6 Å². The fourth-order valence-corrected chi connectivity index (χ4v) is 8.71. The van der Waals surface area contributed by atoms with E-state index >= 15 is 0 Å². The summed E-state index contributed by atoms with van der Waals surface area (Å²) in [4.78, 5) is 9.26. The molecule has 0 N–H and O–H groups in total. The summed E-state index contributed by atoms with van der Waals surface area (Å²) < 4.78 is 76.0. The number of hydrogen-bond donors (Lipinski definition) is 0. The molecule has 7 heteroatoms. The number of nitrogens with zero attached hydrogens (tertiary/aromatic N) is 4. The van der Waals surface area contributed by atoms with Crippen LogP contribution in [-0.2, 0) is 37.3 Å². The van der Waals surface area contributed by atoms with Gasteiger partial charge < -0.3 is 23.5 Å². The van der Waals surface area contributed by atoms with Gasteiger partial charge in [0.15, 0.2) is 0 Å². The Kier molecular flexibility index (Phi) is 8.88. The van der Waals surface area contributed by atoms with E-state index in [0.717, 1.165) is 44.6 Å². The van der Waals surface area contributed by atoms with Crippen LogP contribution in [-0.4, -0.2) is 9.55 Å². The first kappa shape index (κ1) is 36.5. The third kappa shape index (κ3) is 7.99. The minimum absolute atomic E-state index is 0. The third-order valence-electron chi connectivity index (χ3n) is 12.5. The molecule has 0 saturated heterocycles. The molecule has 0 saturated carbocycles. The summed E-state index contributed by atoms with van der Waals surface area (Å²) in [5.41, 5.74) is 9.05. The predicted octanol–water partition coefficient (Wildman–Crippen LogP) is 16.4. The van der Waals surface area contributed by atoms with Crippen LogP contribution in [0.2, 0.25) is 0 Å². The first-order valence-electron chi connectivity index (χ1n) is 25.8. The molecule has 0 spiro atoms. The molecule has 3 aromatic heterocycles. The number of benzene rings is 7. The van der Waals surface area contributed by atoms with Crippen molar-refractivity contribution in [3.05, 3.63) is 187 Å². The van der Waals surface area contributed by atoms with Crippen LogP contribution in [0.3, 0.4) is 0 Å². The van der Waals surface area contributed by atoms with Gasteiger partial charge in [0.25, 0.3) is 0 Å². The Balaban J connectivity index is 0.00000626. The van der Waals surface area contributed by atoms with Gasteiger partial charge in [-0.05, 0) is 110 Å². The number of hydrogen-bond acceptors (Lipinski definition) is 5. The number of fused-ring (bicyclic) bond motifs is 7. The molecule has 4 heterocycles. The molecular weight excluding hydrogens is 1000 g/mol. The van der Waals surface area contributed by atoms with Crippen LogP contribution >= 0.6 is 0 Å². The molecule has 0 unspecified atom stereocenters. The number of pyridine rings is 1. The fraction of sp³-hybridized carbons (Fsp3) is 0.200. The number of aromatic nitrogens is 2. The molecule has 11 rings (SSSR count). The van der Waals surface area contributed by atoms with E-state index in [1.807, 2.05) is 59.2 Å². The number of rotatable bonds is 6. The van der Waals surface area contributed by atoms with Crippen LogP contribution in [0.15, 0.2) is 156 Å². The molecule has 1 aliphatic rings. The molecule has 0 radical (unpaired) electrons. The van der Waals surface area contributed by atoms with Gasteiger partial charge in [0, 0.05) is 72.1 Å². The second-order valence-corrected chi connectivity index (χ2v) is 20.2. The van der Waals surface area contributed by atoms with Crippen LogP contribution in [0.25, 0.3) is 60.7 Å². The Bertz CT molecular complexity index is 3910. The first-order chi connectivity index (χ1) is 34.5. The summed E-state index contributed by atoms with van der Waals surface area (Å²) >= 11 is 0. The number of para-hydroxylation sites is 3. The summed E-state index contributed by atoms with van der Waals surface area (Å²) in [5.74, 6) is 1.60. The maximum Gasteiger partial charge on any atom is 0.135 e. The Labute approximate surface area is 417 Å². The molecule has 67 heavy (non-hydrogen) atoms. The molecule has 1 aliphatic heterocycles. The zero-order valence-corrected chi connectivity index (χ0v) is 41.2. The molecule has 0 bridgehead atoms. The van der Waals surface area contributed by atoms with E-state index in [4.69, 9.17) is 21.0 Å². The van der Waals surface area contributed by atoms with Crippen LogP contribution in [0.4, 0.5) is 22.7 Å². The Morgan fingerprint density at radius 3 is 2.04 bits per heavy atom. The van der Waals surface area contributed by atoms with Gasteiger partial charge >= 0.3 is 0 Å². The molecule has 0 aliphatic carbocycles. The molecule has 7 aromatic carbocycles. The average Bonchev–Trinajstić information content (AvgIpc) is 4.04. The van der Waals surface area contributed by atoms with Gasteiger partial charge in [0.2, 0.25) is 0 Å². The maximum absolute atomic E-state index is 9.48. The van der Waals surface area contributed by atoms with Crippen LogP contribution in [0.5, 0.6) is 11.5 Å². The minimum atomic E-state index is -0.478. The second-order valence-electron chi connectivity index (χ2n) is 20.2. The van der Waals surface area contributed by atoms with Gasteiger partial charge in [-0.3, -0.25) is 0 Å². The molecule has 0 amide bonds. The number of ether oxygens (including phenoxy) is 1. The van der Waals surface area contributed by atoms with Gasteiger partial charge in [-0.1, -0.05) is 122 Å². The maximum atomic E-state index is 9.48. The molecule has 6 nitrogen and oxygen atoms in total. The van der Waals surface area contributed by atoms with Crippen molar-refractivity contribution in [3.8, 4) is 28.4 Å². The number of furan rings is 1. The summed E-state index contributed by atoms with van der Waals surface area (Å²) in [6.07, 6.45) is 1.80. The van der Waals surface area contributed by atoms with E-state index in [-0.39, 0.29) is 89.0 Å². The topological polar surface area (TPSA) is 46.7 Å². The van der Waals surface area contributed by atoms with Gasteiger partial charge in [-0.25, -0.2) is 4.98 Å². The quantitative estimate of drug-likeness (QED) is 0.155. The van der Waals surface area contributed by atoms with Crippen molar-refractivity contribution < 1.29 is 39.8 Å². The van der Waals surface area contributed by atoms with Crippen molar-refractivity contribution in [2.24, 2.45) is 0 Å². The normalized spacial score (nSPS) is 14.7. The standard InChI is InChI=1S/C60H53N4O2.Pt/c1-58(2,3)40-27-28-61-57(34-40)64-51-25-21-38(39-22-26-56-50(30-39)48-17-10-13-20-55(48)66-56)29-49(51)47-24-23-46(36-54(47)64)65-45-16-14-15-43(35-45)62-37-63(53-19-12-11-18-52(53)62)44-32-41(59(4,5)6)31-42(33-44)60(7,8)9;/h10-34,37H,1-9H3;/q-3;/i10D,13D,17D,20D,22D,26D,30D;. The Morgan fingerprint density at radius 1 is 0.597 bits per heavy atom. The minimum Gasteiger partial charge on any atom is -0.509 e. The summed E-state index contributed by atoms with van der Waals surface area (Å²) in [6.45, 7) is 22.1. The van der Waals surface area contributed by atoms with Crippen molar-refractivity contribution in [1.29, 1.82) is 0 Å². The summed E-state index contributed by atoms with van der Waals surface area (Å²) in [7, 11) is 0. The zero-order chi connectivity index (χ0) is 51.8. The Morgan fingerprint density at radius 2 is 1.30 bits per heavy atom. The third-order valence-corrected chi connectivity index (χ3v) is 12.5. The first-order valence-corrected chi connectivity index (χ1v) is 22.3.